The third-order valence-corrected chi connectivity index (χ3v) is 1.95. The van der Waals surface area contributed by atoms with Crippen LogP contribution >= 0.6 is 0 Å². The number of rotatable bonds is 1. The zero-order valence-electron chi connectivity index (χ0n) is 6.53. The van der Waals surface area contributed by atoms with E-state index in [1.165, 1.54) is 0 Å². The fraction of sp³-hybridized carbons (Fsp3) is 0.429. The van der Waals surface area contributed by atoms with Crippen molar-refractivity contribution in [3.05, 3.63) is 12.3 Å². The van der Waals surface area contributed by atoms with Crippen LogP contribution in [0.4, 0.5) is 0 Å². The molecule has 1 fully saturated rings. The van der Waals surface area contributed by atoms with Gasteiger partial charge in [-0.25, -0.2) is 5.43 Å². The van der Waals surface area contributed by atoms with Crippen molar-refractivity contribution in [1.82, 2.24) is 10.4 Å². The summed E-state index contributed by atoms with van der Waals surface area (Å²) in [7, 11) is 0. The molecular weight excluding hydrogens is 156 g/mol. The van der Waals surface area contributed by atoms with Crippen molar-refractivity contribution in [1.29, 1.82) is 0 Å². The van der Waals surface area contributed by atoms with Crippen LogP contribution in [-0.2, 0) is 4.79 Å². The van der Waals surface area contributed by atoms with E-state index in [-0.39, 0.29) is 6.17 Å². The zero-order chi connectivity index (χ0) is 8.55. The highest BCUT2D eigenvalue weighted by Crippen LogP contribution is 2.14. The molecule has 1 unspecified atom stereocenters. The van der Waals surface area contributed by atoms with Crippen molar-refractivity contribution in [2.75, 3.05) is 6.54 Å². The second-order valence-electron chi connectivity index (χ2n) is 2.78. The molecule has 2 aliphatic heterocycles. The van der Waals surface area contributed by atoms with Gasteiger partial charge in [-0.1, -0.05) is 0 Å². The van der Waals surface area contributed by atoms with E-state index in [1.807, 2.05) is 5.01 Å². The highest BCUT2D eigenvalue weighted by molar-refractivity contribution is 6.43. The van der Waals surface area contributed by atoms with E-state index in [4.69, 9.17) is 5.73 Å². The van der Waals surface area contributed by atoms with Gasteiger partial charge >= 0.3 is 0 Å². The Morgan fingerprint density at radius 2 is 2.67 bits per heavy atom. The van der Waals surface area contributed by atoms with E-state index in [1.54, 1.807) is 12.3 Å². The van der Waals surface area contributed by atoms with Crippen LogP contribution in [-0.4, -0.2) is 29.3 Å². The summed E-state index contributed by atoms with van der Waals surface area (Å²) < 4.78 is 0. The lowest BCUT2D eigenvalue weighted by molar-refractivity contribution is -0.112. The van der Waals surface area contributed by atoms with Gasteiger partial charge in [-0.2, -0.15) is 0 Å². The first-order valence-corrected chi connectivity index (χ1v) is 3.85. The molecule has 3 N–H and O–H groups in total. The standard InChI is InChI=1S/C7H10N4O/c8-7(12)5-2-4-11-6(10-5)1-3-9-11/h2,4,6,9H,1,3H2,(H2,8,12). The van der Waals surface area contributed by atoms with Gasteiger partial charge in [0.2, 0.25) is 0 Å². The van der Waals surface area contributed by atoms with Gasteiger partial charge in [0.05, 0.1) is 0 Å². The number of hydrazine groups is 1. The van der Waals surface area contributed by atoms with Crippen molar-refractivity contribution in [2.45, 2.75) is 12.6 Å². The largest absolute Gasteiger partial charge is 0.364 e. The molecule has 0 aromatic rings. The van der Waals surface area contributed by atoms with Crippen LogP contribution in [0.15, 0.2) is 17.3 Å². The van der Waals surface area contributed by atoms with Crippen LogP contribution in [0.1, 0.15) is 6.42 Å². The summed E-state index contributed by atoms with van der Waals surface area (Å²) in [5.74, 6) is -0.460. The number of nitrogens with one attached hydrogen (secondary N) is 1. The van der Waals surface area contributed by atoms with E-state index < -0.39 is 5.91 Å². The molecular formula is C7H10N4O. The first-order chi connectivity index (χ1) is 5.77. The third kappa shape index (κ3) is 1.08. The van der Waals surface area contributed by atoms with Gasteiger partial charge in [-0.3, -0.25) is 14.8 Å². The molecule has 2 aliphatic rings. The average molecular weight is 166 g/mol. The molecule has 0 spiro atoms. The number of hydrogen-bond donors (Lipinski definition) is 2. The van der Waals surface area contributed by atoms with E-state index in [2.05, 4.69) is 10.4 Å². The quantitative estimate of drug-likeness (QED) is 0.523. The highest BCUT2D eigenvalue weighted by atomic mass is 16.1. The van der Waals surface area contributed by atoms with Gasteiger partial charge in [-0.05, 0) is 6.08 Å². The summed E-state index contributed by atoms with van der Waals surface area (Å²) in [4.78, 5) is 14.9. The molecule has 1 atom stereocenters. The molecule has 0 aromatic heterocycles. The lowest BCUT2D eigenvalue weighted by Crippen LogP contribution is -2.36. The molecule has 1 amide bonds. The Balaban J connectivity index is 2.20. The van der Waals surface area contributed by atoms with Crippen LogP contribution < -0.4 is 11.2 Å². The average Bonchev–Trinajstić information content (AvgIpc) is 2.49. The van der Waals surface area contributed by atoms with E-state index in [0.29, 0.717) is 5.71 Å². The molecule has 2 rings (SSSR count). The maximum absolute atomic E-state index is 10.7. The van der Waals surface area contributed by atoms with Crippen LogP contribution in [0.5, 0.6) is 0 Å². The predicted octanol–water partition coefficient (Wildman–Crippen LogP) is -1.02. The Hall–Kier alpha value is -1.36. The molecule has 0 aliphatic carbocycles. The highest BCUT2D eigenvalue weighted by Gasteiger charge is 2.24. The molecule has 5 nitrogen and oxygen atoms in total. The van der Waals surface area contributed by atoms with E-state index in [9.17, 15) is 4.79 Å². The summed E-state index contributed by atoms with van der Waals surface area (Å²) in [6.07, 6.45) is 4.39. The van der Waals surface area contributed by atoms with Crippen molar-refractivity contribution in [3.8, 4) is 0 Å². The minimum Gasteiger partial charge on any atom is -0.364 e. The topological polar surface area (TPSA) is 70.7 Å². The zero-order valence-corrected chi connectivity index (χ0v) is 6.53. The van der Waals surface area contributed by atoms with E-state index in [0.717, 1.165) is 13.0 Å². The van der Waals surface area contributed by atoms with Gasteiger partial charge < -0.3 is 5.73 Å². The number of hydrogen-bond acceptors (Lipinski definition) is 4. The molecule has 1 saturated heterocycles. The van der Waals surface area contributed by atoms with Crippen LogP contribution in [0.2, 0.25) is 0 Å². The number of carbonyl (C=O) groups is 1. The Bertz CT molecular complexity index is 271. The lowest BCUT2D eigenvalue weighted by Gasteiger charge is -2.22. The summed E-state index contributed by atoms with van der Waals surface area (Å²) in [6, 6.07) is 0. The third-order valence-electron chi connectivity index (χ3n) is 1.95. The molecule has 2 heterocycles. The number of amides is 1. The molecule has 12 heavy (non-hydrogen) atoms. The Morgan fingerprint density at radius 1 is 1.83 bits per heavy atom. The maximum Gasteiger partial charge on any atom is 0.266 e. The van der Waals surface area contributed by atoms with E-state index >= 15 is 0 Å². The van der Waals surface area contributed by atoms with Crippen molar-refractivity contribution >= 4 is 11.6 Å². The summed E-state index contributed by atoms with van der Waals surface area (Å²) >= 11 is 0. The molecule has 0 aromatic carbocycles. The predicted molar refractivity (Wildman–Crippen MR) is 44.0 cm³/mol. The molecule has 0 bridgehead atoms. The minimum atomic E-state index is -0.460. The molecule has 0 saturated carbocycles. The fourth-order valence-corrected chi connectivity index (χ4v) is 1.35. The SMILES string of the molecule is NC(=O)C1=NC2CCNN2C=C1. The van der Waals surface area contributed by atoms with Gasteiger partial charge in [-0.15, -0.1) is 0 Å². The smallest absolute Gasteiger partial charge is 0.266 e. The maximum atomic E-state index is 10.7. The minimum absolute atomic E-state index is 0.0532. The van der Waals surface area contributed by atoms with Gasteiger partial charge in [0.25, 0.3) is 5.91 Å². The number of fused-ring (bicyclic) bond motifs is 1. The molecule has 0 radical (unpaired) electrons. The molecule has 64 valence electrons. The number of nitrogens with zero attached hydrogens (tertiary/aromatic N) is 2. The summed E-state index contributed by atoms with van der Waals surface area (Å²) in [6.45, 7) is 0.893. The normalized spacial score (nSPS) is 26.8. The number of primary amides is 1. The Labute approximate surface area is 69.9 Å². The van der Waals surface area contributed by atoms with Crippen LogP contribution in [0, 0.1) is 0 Å². The Kier molecular flexibility index (Phi) is 1.58. The second-order valence-corrected chi connectivity index (χ2v) is 2.78. The summed E-state index contributed by atoms with van der Waals surface area (Å²) in [5, 5.41) is 1.88. The molecule has 5 heteroatoms. The Morgan fingerprint density at radius 3 is 3.42 bits per heavy atom. The first kappa shape index (κ1) is 7.30. The van der Waals surface area contributed by atoms with Crippen molar-refractivity contribution in [2.24, 2.45) is 10.7 Å². The number of carbonyl (C=O) groups excluding carboxylic acids is 1. The van der Waals surface area contributed by atoms with Crippen molar-refractivity contribution < 1.29 is 4.79 Å². The van der Waals surface area contributed by atoms with Crippen LogP contribution in [0.25, 0.3) is 0 Å². The van der Waals surface area contributed by atoms with Gasteiger partial charge in [0.15, 0.2) is 0 Å². The summed E-state index contributed by atoms with van der Waals surface area (Å²) in [5.41, 5.74) is 8.56. The lowest BCUT2D eigenvalue weighted by atomic mass is 10.2. The van der Waals surface area contributed by atoms with Crippen LogP contribution in [0.3, 0.4) is 0 Å². The number of aliphatic imine (C=N–C) groups is 1. The monoisotopic (exact) mass is 166 g/mol. The van der Waals surface area contributed by atoms with Gasteiger partial charge in [0.1, 0.15) is 11.9 Å². The van der Waals surface area contributed by atoms with Gasteiger partial charge in [0, 0.05) is 19.2 Å². The number of nitrogens with two attached hydrogens (primary N) is 1. The fourth-order valence-electron chi connectivity index (χ4n) is 1.35. The second kappa shape index (κ2) is 2.60. The first-order valence-electron chi connectivity index (χ1n) is 3.85. The van der Waals surface area contributed by atoms with Crippen molar-refractivity contribution in [3.63, 3.8) is 0 Å².